The SMILES string of the molecule is CCc1c(F)ccc2sc(F)cc12. The monoisotopic (exact) mass is 198 g/mol. The zero-order valence-corrected chi connectivity index (χ0v) is 7.92. The summed E-state index contributed by atoms with van der Waals surface area (Å²) in [4.78, 5) is 0. The number of fused-ring (bicyclic) bond motifs is 1. The van der Waals surface area contributed by atoms with Gasteiger partial charge in [-0.25, -0.2) is 4.39 Å². The van der Waals surface area contributed by atoms with Crippen molar-refractivity contribution < 1.29 is 8.78 Å². The maximum atomic E-state index is 13.2. The van der Waals surface area contributed by atoms with Crippen molar-refractivity contribution in [1.82, 2.24) is 0 Å². The van der Waals surface area contributed by atoms with Crippen LogP contribution in [0.3, 0.4) is 0 Å². The van der Waals surface area contributed by atoms with Crippen molar-refractivity contribution in [3.63, 3.8) is 0 Å². The highest BCUT2D eigenvalue weighted by molar-refractivity contribution is 7.17. The van der Waals surface area contributed by atoms with Crippen LogP contribution in [0.15, 0.2) is 18.2 Å². The highest BCUT2D eigenvalue weighted by Gasteiger charge is 2.08. The Morgan fingerprint density at radius 1 is 1.31 bits per heavy atom. The van der Waals surface area contributed by atoms with Crippen molar-refractivity contribution in [3.8, 4) is 0 Å². The van der Waals surface area contributed by atoms with Crippen molar-refractivity contribution in [2.75, 3.05) is 0 Å². The first kappa shape index (κ1) is 8.63. The normalized spacial score (nSPS) is 11.0. The van der Waals surface area contributed by atoms with Gasteiger partial charge in [0.1, 0.15) is 5.82 Å². The van der Waals surface area contributed by atoms with Crippen LogP contribution < -0.4 is 0 Å². The molecule has 1 aromatic carbocycles. The summed E-state index contributed by atoms with van der Waals surface area (Å²) in [5, 5.41) is 0.459. The van der Waals surface area contributed by atoms with Gasteiger partial charge in [0.2, 0.25) is 0 Å². The van der Waals surface area contributed by atoms with E-state index in [-0.39, 0.29) is 10.9 Å². The van der Waals surface area contributed by atoms with E-state index >= 15 is 0 Å². The molecule has 3 heteroatoms. The molecular formula is C10H8F2S. The maximum Gasteiger partial charge on any atom is 0.177 e. The summed E-state index contributed by atoms with van der Waals surface area (Å²) < 4.78 is 26.9. The summed E-state index contributed by atoms with van der Waals surface area (Å²) in [7, 11) is 0. The predicted molar refractivity (Wildman–Crippen MR) is 51.1 cm³/mol. The summed E-state index contributed by atoms with van der Waals surface area (Å²) >= 11 is 1.06. The lowest BCUT2D eigenvalue weighted by atomic mass is 10.1. The van der Waals surface area contributed by atoms with Gasteiger partial charge >= 0.3 is 0 Å². The highest BCUT2D eigenvalue weighted by atomic mass is 32.1. The largest absolute Gasteiger partial charge is 0.207 e. The topological polar surface area (TPSA) is 0 Å². The first-order valence-corrected chi connectivity index (χ1v) is 4.90. The second-order valence-corrected chi connectivity index (χ2v) is 3.88. The molecule has 1 aromatic heterocycles. The van der Waals surface area contributed by atoms with Crippen LogP contribution in [0, 0.1) is 10.9 Å². The molecule has 0 spiro atoms. The van der Waals surface area contributed by atoms with Crippen LogP contribution in [0.1, 0.15) is 12.5 Å². The fourth-order valence-electron chi connectivity index (χ4n) is 1.47. The molecule has 0 aliphatic carbocycles. The molecule has 0 unspecified atom stereocenters. The van der Waals surface area contributed by atoms with Gasteiger partial charge in [0, 0.05) is 10.1 Å². The second kappa shape index (κ2) is 3.07. The average Bonchev–Trinajstić information content (AvgIpc) is 2.45. The predicted octanol–water partition coefficient (Wildman–Crippen LogP) is 3.74. The summed E-state index contributed by atoms with van der Waals surface area (Å²) in [6.07, 6.45) is 0.597. The first-order valence-electron chi connectivity index (χ1n) is 4.08. The number of aryl methyl sites for hydroxylation is 1. The van der Waals surface area contributed by atoms with E-state index in [0.29, 0.717) is 17.4 Å². The van der Waals surface area contributed by atoms with Gasteiger partial charge in [-0.2, -0.15) is 4.39 Å². The van der Waals surface area contributed by atoms with E-state index in [2.05, 4.69) is 0 Å². The quantitative estimate of drug-likeness (QED) is 0.654. The number of hydrogen-bond acceptors (Lipinski definition) is 1. The Kier molecular flexibility index (Phi) is 2.04. The van der Waals surface area contributed by atoms with Gasteiger partial charge in [0.15, 0.2) is 5.13 Å². The molecule has 0 nitrogen and oxygen atoms in total. The Morgan fingerprint density at radius 2 is 2.08 bits per heavy atom. The molecule has 0 bridgehead atoms. The second-order valence-electron chi connectivity index (χ2n) is 2.84. The minimum atomic E-state index is -0.254. The molecule has 0 aliphatic rings. The summed E-state index contributed by atoms with van der Waals surface area (Å²) in [5.41, 5.74) is 0.609. The van der Waals surface area contributed by atoms with Crippen molar-refractivity contribution in [2.24, 2.45) is 0 Å². The molecule has 0 N–H and O–H groups in total. The summed E-state index contributed by atoms with van der Waals surface area (Å²) in [5.74, 6) is -0.243. The van der Waals surface area contributed by atoms with E-state index in [4.69, 9.17) is 0 Å². The Hall–Kier alpha value is -0.960. The molecule has 0 fully saturated rings. The third-order valence-corrected chi connectivity index (χ3v) is 2.97. The minimum absolute atomic E-state index is 0.243. The molecule has 68 valence electrons. The van der Waals surface area contributed by atoms with Crippen LogP contribution in [0.2, 0.25) is 0 Å². The van der Waals surface area contributed by atoms with E-state index in [1.165, 1.54) is 12.1 Å². The van der Waals surface area contributed by atoms with Crippen LogP contribution in [0.4, 0.5) is 8.78 Å². The van der Waals surface area contributed by atoms with Gasteiger partial charge in [0.05, 0.1) is 0 Å². The van der Waals surface area contributed by atoms with Gasteiger partial charge in [-0.3, -0.25) is 0 Å². The molecule has 2 aromatic rings. The highest BCUT2D eigenvalue weighted by Crippen LogP contribution is 2.29. The number of rotatable bonds is 1. The van der Waals surface area contributed by atoms with Crippen molar-refractivity contribution in [1.29, 1.82) is 0 Å². The van der Waals surface area contributed by atoms with Gasteiger partial charge in [-0.05, 0) is 30.2 Å². The minimum Gasteiger partial charge on any atom is -0.207 e. The third kappa shape index (κ3) is 1.33. The number of thiophene rings is 1. The van der Waals surface area contributed by atoms with Gasteiger partial charge < -0.3 is 0 Å². The van der Waals surface area contributed by atoms with Crippen molar-refractivity contribution >= 4 is 21.4 Å². The number of halogens is 2. The Bertz CT molecular complexity index is 445. The van der Waals surface area contributed by atoms with Gasteiger partial charge in [-0.15, -0.1) is 11.3 Å². The molecule has 0 saturated heterocycles. The lowest BCUT2D eigenvalue weighted by Gasteiger charge is -1.99. The Balaban J connectivity index is 2.82. The molecule has 0 saturated carbocycles. The standard InChI is InChI=1S/C10H8F2S/c1-2-6-7-5-10(12)13-9(7)4-3-8(6)11/h3-5H,2H2,1H3. The average molecular weight is 198 g/mol. The Morgan fingerprint density at radius 3 is 2.77 bits per heavy atom. The zero-order valence-electron chi connectivity index (χ0n) is 7.10. The van der Waals surface area contributed by atoms with Crippen LogP contribution in [-0.2, 0) is 6.42 Å². The van der Waals surface area contributed by atoms with Crippen molar-refractivity contribution in [2.45, 2.75) is 13.3 Å². The number of benzene rings is 1. The molecule has 2 rings (SSSR count). The smallest absolute Gasteiger partial charge is 0.177 e. The molecular weight excluding hydrogens is 190 g/mol. The summed E-state index contributed by atoms with van der Waals surface area (Å²) in [6.45, 7) is 1.87. The van der Waals surface area contributed by atoms with E-state index in [1.807, 2.05) is 6.92 Å². The molecule has 0 atom stereocenters. The molecule has 13 heavy (non-hydrogen) atoms. The van der Waals surface area contributed by atoms with Gasteiger partial charge in [-0.1, -0.05) is 6.92 Å². The van der Waals surface area contributed by atoms with Crippen LogP contribution in [-0.4, -0.2) is 0 Å². The number of hydrogen-bond donors (Lipinski definition) is 0. The first-order chi connectivity index (χ1) is 6.22. The summed E-state index contributed by atoms with van der Waals surface area (Å²) in [6, 6.07) is 4.43. The van der Waals surface area contributed by atoms with Crippen LogP contribution >= 0.6 is 11.3 Å². The molecule has 0 radical (unpaired) electrons. The van der Waals surface area contributed by atoms with Gasteiger partial charge in [0.25, 0.3) is 0 Å². The maximum absolute atomic E-state index is 13.2. The van der Waals surface area contributed by atoms with Crippen molar-refractivity contribution in [3.05, 3.63) is 34.7 Å². The van der Waals surface area contributed by atoms with E-state index in [1.54, 1.807) is 6.07 Å². The Labute approximate surface area is 78.8 Å². The molecule has 1 heterocycles. The fraction of sp³-hybridized carbons (Fsp3) is 0.200. The lowest BCUT2D eigenvalue weighted by Crippen LogP contribution is -1.86. The molecule has 0 aliphatic heterocycles. The van der Waals surface area contributed by atoms with Crippen LogP contribution in [0.25, 0.3) is 10.1 Å². The van der Waals surface area contributed by atoms with E-state index < -0.39 is 0 Å². The fourth-order valence-corrected chi connectivity index (χ4v) is 2.29. The lowest BCUT2D eigenvalue weighted by molar-refractivity contribution is 0.615. The zero-order chi connectivity index (χ0) is 9.42. The van der Waals surface area contributed by atoms with Crippen LogP contribution in [0.5, 0.6) is 0 Å². The van der Waals surface area contributed by atoms with E-state index in [0.717, 1.165) is 16.0 Å². The third-order valence-electron chi connectivity index (χ3n) is 2.08. The molecule has 0 amide bonds. The van der Waals surface area contributed by atoms with E-state index in [9.17, 15) is 8.78 Å².